The van der Waals surface area contributed by atoms with Gasteiger partial charge in [0.1, 0.15) is 0 Å². The van der Waals surface area contributed by atoms with Crippen LogP contribution in [0.4, 0.5) is 10.5 Å². The molecule has 0 unspecified atom stereocenters. The van der Waals surface area contributed by atoms with Crippen LogP contribution in [-0.4, -0.2) is 22.2 Å². The SMILES string of the molecule is CC(C)NC(=O)Nc1ccc(-c2noc(-c3ccc(Cl)cc3Cl)n2)cc1. The Morgan fingerprint density at radius 3 is 2.50 bits per heavy atom. The Kier molecular flexibility index (Phi) is 5.44. The lowest BCUT2D eigenvalue weighted by atomic mass is 10.2. The summed E-state index contributed by atoms with van der Waals surface area (Å²) >= 11 is 12.1. The summed E-state index contributed by atoms with van der Waals surface area (Å²) in [5, 5.41) is 10.5. The van der Waals surface area contributed by atoms with Gasteiger partial charge in [-0.3, -0.25) is 0 Å². The van der Waals surface area contributed by atoms with Gasteiger partial charge in [0.25, 0.3) is 5.89 Å². The zero-order valence-electron chi connectivity index (χ0n) is 14.1. The van der Waals surface area contributed by atoms with E-state index in [-0.39, 0.29) is 12.1 Å². The summed E-state index contributed by atoms with van der Waals surface area (Å²) in [5.41, 5.74) is 2.02. The van der Waals surface area contributed by atoms with E-state index in [1.54, 1.807) is 42.5 Å². The molecule has 0 aliphatic heterocycles. The monoisotopic (exact) mass is 390 g/mol. The van der Waals surface area contributed by atoms with Crippen LogP contribution in [0.1, 0.15) is 13.8 Å². The molecule has 2 amide bonds. The molecule has 0 saturated heterocycles. The molecule has 0 fully saturated rings. The van der Waals surface area contributed by atoms with Crippen molar-refractivity contribution in [2.75, 3.05) is 5.32 Å². The highest BCUT2D eigenvalue weighted by atomic mass is 35.5. The second kappa shape index (κ2) is 7.76. The highest BCUT2D eigenvalue weighted by Crippen LogP contribution is 2.30. The highest BCUT2D eigenvalue weighted by molar-refractivity contribution is 6.36. The number of carbonyl (C=O) groups excluding carboxylic acids is 1. The largest absolute Gasteiger partial charge is 0.336 e. The van der Waals surface area contributed by atoms with Crippen molar-refractivity contribution in [1.82, 2.24) is 15.5 Å². The van der Waals surface area contributed by atoms with Gasteiger partial charge in [-0.2, -0.15) is 4.98 Å². The highest BCUT2D eigenvalue weighted by Gasteiger charge is 2.14. The number of rotatable bonds is 4. The van der Waals surface area contributed by atoms with Gasteiger partial charge >= 0.3 is 6.03 Å². The van der Waals surface area contributed by atoms with Gasteiger partial charge in [-0.25, -0.2) is 4.79 Å². The molecule has 3 aromatic rings. The molecular formula is C18H16Cl2N4O2. The van der Waals surface area contributed by atoms with Crippen molar-refractivity contribution < 1.29 is 9.32 Å². The molecule has 0 radical (unpaired) electrons. The van der Waals surface area contributed by atoms with Gasteiger partial charge in [0.2, 0.25) is 5.82 Å². The molecule has 2 aromatic carbocycles. The lowest BCUT2D eigenvalue weighted by Gasteiger charge is -2.10. The Morgan fingerprint density at radius 1 is 1.12 bits per heavy atom. The average molecular weight is 391 g/mol. The van der Waals surface area contributed by atoms with Crippen LogP contribution >= 0.6 is 23.2 Å². The third-order valence-corrected chi connectivity index (χ3v) is 3.96. The molecule has 0 atom stereocenters. The molecule has 134 valence electrons. The minimum atomic E-state index is -0.257. The number of aromatic nitrogens is 2. The van der Waals surface area contributed by atoms with Crippen LogP contribution in [0.3, 0.4) is 0 Å². The van der Waals surface area contributed by atoms with Gasteiger partial charge in [0.15, 0.2) is 0 Å². The molecule has 6 nitrogen and oxygen atoms in total. The molecule has 0 saturated carbocycles. The number of anilines is 1. The zero-order chi connectivity index (χ0) is 18.7. The van der Waals surface area contributed by atoms with E-state index < -0.39 is 0 Å². The van der Waals surface area contributed by atoms with Gasteiger partial charge in [-0.05, 0) is 56.3 Å². The number of amides is 2. The molecule has 3 rings (SSSR count). The van der Waals surface area contributed by atoms with E-state index in [2.05, 4.69) is 20.8 Å². The third-order valence-electron chi connectivity index (χ3n) is 3.41. The Hall–Kier alpha value is -2.57. The van der Waals surface area contributed by atoms with Gasteiger partial charge in [-0.15, -0.1) is 0 Å². The number of nitrogens with zero attached hydrogens (tertiary/aromatic N) is 2. The van der Waals surface area contributed by atoms with E-state index in [0.29, 0.717) is 33.0 Å². The van der Waals surface area contributed by atoms with Crippen LogP contribution in [0.25, 0.3) is 22.8 Å². The minimum Gasteiger partial charge on any atom is -0.336 e. The maximum atomic E-state index is 11.7. The molecule has 0 aliphatic rings. The number of carbonyl (C=O) groups is 1. The Balaban J connectivity index is 1.76. The summed E-state index contributed by atoms with van der Waals surface area (Å²) < 4.78 is 5.30. The van der Waals surface area contributed by atoms with E-state index in [1.165, 1.54) is 0 Å². The molecule has 0 bridgehead atoms. The van der Waals surface area contributed by atoms with Crippen molar-refractivity contribution in [3.63, 3.8) is 0 Å². The number of hydrogen-bond donors (Lipinski definition) is 2. The minimum absolute atomic E-state index is 0.0618. The predicted molar refractivity (Wildman–Crippen MR) is 102 cm³/mol. The van der Waals surface area contributed by atoms with E-state index in [0.717, 1.165) is 5.56 Å². The van der Waals surface area contributed by atoms with Crippen LogP contribution in [0, 0.1) is 0 Å². The van der Waals surface area contributed by atoms with Crippen LogP contribution in [0.5, 0.6) is 0 Å². The maximum absolute atomic E-state index is 11.7. The zero-order valence-corrected chi connectivity index (χ0v) is 15.6. The third kappa shape index (κ3) is 4.33. The van der Waals surface area contributed by atoms with Crippen molar-refractivity contribution in [3.8, 4) is 22.8 Å². The van der Waals surface area contributed by atoms with Crippen molar-refractivity contribution in [2.45, 2.75) is 19.9 Å². The summed E-state index contributed by atoms with van der Waals surface area (Å²) in [6.07, 6.45) is 0. The first-order valence-corrected chi connectivity index (χ1v) is 8.65. The average Bonchev–Trinajstić information content (AvgIpc) is 3.04. The van der Waals surface area contributed by atoms with Crippen LogP contribution in [0.15, 0.2) is 47.0 Å². The standard InChI is InChI=1S/C18H16Cl2N4O2/c1-10(2)21-18(25)22-13-6-3-11(4-7-13)16-23-17(26-24-16)14-8-5-12(19)9-15(14)20/h3-10H,1-2H3,(H2,21,22,25). The van der Waals surface area contributed by atoms with Crippen LogP contribution in [0.2, 0.25) is 10.0 Å². The molecule has 1 heterocycles. The number of benzene rings is 2. The summed E-state index contributed by atoms with van der Waals surface area (Å²) in [7, 11) is 0. The summed E-state index contributed by atoms with van der Waals surface area (Å²) in [4.78, 5) is 16.1. The molecule has 2 N–H and O–H groups in total. The first kappa shape index (κ1) is 18.2. The fourth-order valence-corrected chi connectivity index (χ4v) is 2.73. The number of hydrogen-bond acceptors (Lipinski definition) is 4. The summed E-state index contributed by atoms with van der Waals surface area (Å²) in [6.45, 7) is 3.78. The van der Waals surface area contributed by atoms with Gasteiger partial charge in [0, 0.05) is 22.3 Å². The molecule has 0 spiro atoms. The first-order valence-electron chi connectivity index (χ1n) is 7.89. The topological polar surface area (TPSA) is 80.0 Å². The quantitative estimate of drug-likeness (QED) is 0.637. The summed E-state index contributed by atoms with van der Waals surface area (Å²) in [6, 6.07) is 12.0. The summed E-state index contributed by atoms with van der Waals surface area (Å²) in [5.74, 6) is 0.726. The second-order valence-electron chi connectivity index (χ2n) is 5.88. The van der Waals surface area contributed by atoms with E-state index in [4.69, 9.17) is 27.7 Å². The Labute approximate surface area is 160 Å². The fraction of sp³-hybridized carbons (Fsp3) is 0.167. The van der Waals surface area contributed by atoms with Crippen LogP contribution in [-0.2, 0) is 0 Å². The lowest BCUT2D eigenvalue weighted by molar-refractivity contribution is 0.250. The van der Waals surface area contributed by atoms with Gasteiger partial charge < -0.3 is 15.2 Å². The number of urea groups is 1. The van der Waals surface area contributed by atoms with Crippen molar-refractivity contribution in [1.29, 1.82) is 0 Å². The molecule has 0 aliphatic carbocycles. The van der Waals surface area contributed by atoms with Crippen LogP contribution < -0.4 is 10.6 Å². The van der Waals surface area contributed by atoms with Gasteiger partial charge in [0.05, 0.1) is 10.6 Å². The van der Waals surface area contributed by atoms with Crippen molar-refractivity contribution in [3.05, 3.63) is 52.5 Å². The Bertz CT molecular complexity index is 923. The predicted octanol–water partition coefficient (Wildman–Crippen LogP) is 5.24. The maximum Gasteiger partial charge on any atom is 0.319 e. The Morgan fingerprint density at radius 2 is 1.85 bits per heavy atom. The van der Waals surface area contributed by atoms with Gasteiger partial charge in [-0.1, -0.05) is 28.4 Å². The number of nitrogens with one attached hydrogen (secondary N) is 2. The fourth-order valence-electron chi connectivity index (χ4n) is 2.25. The van der Waals surface area contributed by atoms with Crippen molar-refractivity contribution >= 4 is 34.9 Å². The normalized spacial score (nSPS) is 10.8. The second-order valence-corrected chi connectivity index (χ2v) is 6.72. The van der Waals surface area contributed by atoms with E-state index in [1.807, 2.05) is 13.8 Å². The molecule has 8 heteroatoms. The first-order chi connectivity index (χ1) is 12.4. The number of halogens is 2. The molecular weight excluding hydrogens is 375 g/mol. The molecule has 26 heavy (non-hydrogen) atoms. The van der Waals surface area contributed by atoms with E-state index >= 15 is 0 Å². The smallest absolute Gasteiger partial charge is 0.319 e. The molecule has 1 aromatic heterocycles. The van der Waals surface area contributed by atoms with E-state index in [9.17, 15) is 4.79 Å². The van der Waals surface area contributed by atoms with Crippen molar-refractivity contribution in [2.24, 2.45) is 0 Å². The lowest BCUT2D eigenvalue weighted by Crippen LogP contribution is -2.34.